The van der Waals surface area contributed by atoms with Crippen LogP contribution in [-0.2, 0) is 9.59 Å². The Kier molecular flexibility index (Phi) is 6.34. The van der Waals surface area contributed by atoms with E-state index in [1.54, 1.807) is 6.20 Å². The maximum absolute atomic E-state index is 12.5. The molecule has 2 aromatic rings. The molecule has 2 aliphatic rings. The topological polar surface area (TPSA) is 87.7 Å². The summed E-state index contributed by atoms with van der Waals surface area (Å²) >= 11 is 0. The van der Waals surface area contributed by atoms with Crippen molar-refractivity contribution in [1.29, 1.82) is 0 Å². The number of rotatable bonds is 6. The SMILES string of the molecule is CC(C)C(=O)N1CCC(Oc2ccc(NC(=O)C3CN(c4cccnn4)C3)cc2)CC1. The lowest BCUT2D eigenvalue weighted by molar-refractivity contribution is -0.136. The molecule has 0 unspecified atom stereocenters. The molecule has 0 radical (unpaired) electrons. The van der Waals surface area contributed by atoms with E-state index in [4.69, 9.17) is 4.74 Å². The molecule has 1 aromatic heterocycles. The van der Waals surface area contributed by atoms with Gasteiger partial charge in [0.15, 0.2) is 5.82 Å². The van der Waals surface area contributed by atoms with E-state index in [9.17, 15) is 9.59 Å². The predicted octanol–water partition coefficient (Wildman–Crippen LogP) is 2.58. The molecule has 2 aliphatic heterocycles. The quantitative estimate of drug-likeness (QED) is 0.768. The Balaban J connectivity index is 1.21. The first kappa shape index (κ1) is 21.1. The average molecular weight is 424 g/mol. The highest BCUT2D eigenvalue weighted by molar-refractivity contribution is 5.94. The number of hydrogen-bond acceptors (Lipinski definition) is 6. The van der Waals surface area contributed by atoms with Gasteiger partial charge in [0.1, 0.15) is 11.9 Å². The van der Waals surface area contributed by atoms with Crippen LogP contribution < -0.4 is 15.0 Å². The number of likely N-dealkylation sites (tertiary alicyclic amines) is 1. The first-order valence-corrected chi connectivity index (χ1v) is 10.9. The number of piperidine rings is 1. The minimum absolute atomic E-state index is 0.0102. The third kappa shape index (κ3) is 5.13. The number of anilines is 2. The lowest BCUT2D eigenvalue weighted by atomic mass is 9.99. The maximum atomic E-state index is 12.5. The fraction of sp³-hybridized carbons (Fsp3) is 0.478. The summed E-state index contributed by atoms with van der Waals surface area (Å²) in [5.41, 5.74) is 0.757. The van der Waals surface area contributed by atoms with Gasteiger partial charge >= 0.3 is 0 Å². The average Bonchev–Trinajstić information content (AvgIpc) is 2.75. The van der Waals surface area contributed by atoms with Crippen molar-refractivity contribution in [3.8, 4) is 5.75 Å². The number of aromatic nitrogens is 2. The van der Waals surface area contributed by atoms with Crippen LogP contribution in [0, 0.1) is 11.8 Å². The third-order valence-electron chi connectivity index (χ3n) is 5.81. The molecule has 8 nitrogen and oxygen atoms in total. The molecular weight excluding hydrogens is 394 g/mol. The van der Waals surface area contributed by atoms with E-state index >= 15 is 0 Å². The Morgan fingerprint density at radius 2 is 1.81 bits per heavy atom. The molecule has 0 spiro atoms. The van der Waals surface area contributed by atoms with Crippen LogP contribution in [0.15, 0.2) is 42.6 Å². The first-order chi connectivity index (χ1) is 15.0. The van der Waals surface area contributed by atoms with E-state index in [1.807, 2.05) is 60.0 Å². The van der Waals surface area contributed by atoms with Crippen LogP contribution in [0.1, 0.15) is 26.7 Å². The maximum Gasteiger partial charge on any atom is 0.231 e. The Hall–Kier alpha value is -3.16. The molecule has 1 aromatic carbocycles. The van der Waals surface area contributed by atoms with Gasteiger partial charge in [0, 0.05) is 56.8 Å². The van der Waals surface area contributed by atoms with Crippen molar-refractivity contribution in [3.05, 3.63) is 42.6 Å². The van der Waals surface area contributed by atoms with Crippen LogP contribution in [-0.4, -0.2) is 59.2 Å². The van der Waals surface area contributed by atoms with E-state index < -0.39 is 0 Å². The van der Waals surface area contributed by atoms with Gasteiger partial charge in [-0.05, 0) is 36.4 Å². The molecule has 2 amide bonds. The number of benzene rings is 1. The molecule has 2 fully saturated rings. The number of carbonyl (C=O) groups is 2. The van der Waals surface area contributed by atoms with Crippen molar-refractivity contribution in [2.24, 2.45) is 11.8 Å². The Bertz CT molecular complexity index is 889. The van der Waals surface area contributed by atoms with Gasteiger partial charge in [0.2, 0.25) is 11.8 Å². The third-order valence-corrected chi connectivity index (χ3v) is 5.81. The molecule has 4 rings (SSSR count). The van der Waals surface area contributed by atoms with Crippen molar-refractivity contribution in [2.75, 3.05) is 36.4 Å². The van der Waals surface area contributed by atoms with E-state index in [2.05, 4.69) is 15.5 Å². The normalized spacial score (nSPS) is 17.4. The molecule has 31 heavy (non-hydrogen) atoms. The molecule has 1 N–H and O–H groups in total. The number of nitrogens with zero attached hydrogens (tertiary/aromatic N) is 4. The number of ether oxygens (including phenoxy) is 1. The zero-order valence-electron chi connectivity index (χ0n) is 18.0. The lowest BCUT2D eigenvalue weighted by Gasteiger charge is -2.38. The van der Waals surface area contributed by atoms with Gasteiger partial charge in [-0.3, -0.25) is 9.59 Å². The number of nitrogens with one attached hydrogen (secondary N) is 1. The molecule has 0 bridgehead atoms. The minimum Gasteiger partial charge on any atom is -0.490 e. The van der Waals surface area contributed by atoms with Gasteiger partial charge in [0.25, 0.3) is 0 Å². The molecule has 164 valence electrons. The fourth-order valence-electron chi connectivity index (χ4n) is 3.91. The second kappa shape index (κ2) is 9.32. The predicted molar refractivity (Wildman–Crippen MR) is 118 cm³/mol. The second-order valence-corrected chi connectivity index (χ2v) is 8.49. The van der Waals surface area contributed by atoms with Crippen LogP contribution in [0.2, 0.25) is 0 Å². The number of carbonyl (C=O) groups excluding carboxylic acids is 2. The largest absolute Gasteiger partial charge is 0.490 e. The van der Waals surface area contributed by atoms with Crippen LogP contribution >= 0.6 is 0 Å². The van der Waals surface area contributed by atoms with Crippen LogP contribution in [0.5, 0.6) is 5.75 Å². The van der Waals surface area contributed by atoms with Crippen LogP contribution in [0.4, 0.5) is 11.5 Å². The summed E-state index contributed by atoms with van der Waals surface area (Å²) < 4.78 is 6.08. The van der Waals surface area contributed by atoms with Gasteiger partial charge in [-0.2, -0.15) is 5.10 Å². The highest BCUT2D eigenvalue weighted by Gasteiger charge is 2.33. The van der Waals surface area contributed by atoms with Gasteiger partial charge in [-0.15, -0.1) is 5.10 Å². The summed E-state index contributed by atoms with van der Waals surface area (Å²) in [5.74, 6) is 1.78. The van der Waals surface area contributed by atoms with Crippen molar-refractivity contribution in [2.45, 2.75) is 32.8 Å². The summed E-state index contributed by atoms with van der Waals surface area (Å²) in [6.07, 6.45) is 3.41. The van der Waals surface area contributed by atoms with E-state index in [0.29, 0.717) is 13.1 Å². The van der Waals surface area contributed by atoms with E-state index in [0.717, 1.165) is 43.2 Å². The highest BCUT2D eigenvalue weighted by Crippen LogP contribution is 2.25. The Morgan fingerprint density at radius 1 is 1.10 bits per heavy atom. The minimum atomic E-state index is -0.0586. The highest BCUT2D eigenvalue weighted by atomic mass is 16.5. The zero-order chi connectivity index (χ0) is 21.8. The Labute approximate surface area is 182 Å². The van der Waals surface area contributed by atoms with Gasteiger partial charge in [-0.25, -0.2) is 0 Å². The van der Waals surface area contributed by atoms with Gasteiger partial charge in [0.05, 0.1) is 5.92 Å². The van der Waals surface area contributed by atoms with Gasteiger partial charge in [-0.1, -0.05) is 13.8 Å². The van der Waals surface area contributed by atoms with Crippen LogP contribution in [0.25, 0.3) is 0 Å². The second-order valence-electron chi connectivity index (χ2n) is 8.49. The number of hydrogen-bond donors (Lipinski definition) is 1. The number of amides is 2. The molecule has 0 aliphatic carbocycles. The van der Waals surface area contributed by atoms with E-state index in [-0.39, 0.29) is 29.8 Å². The summed E-state index contributed by atoms with van der Waals surface area (Å²) in [7, 11) is 0. The molecular formula is C23H29N5O3. The molecule has 8 heteroatoms. The molecule has 2 saturated heterocycles. The van der Waals surface area contributed by atoms with Crippen molar-refractivity contribution in [3.63, 3.8) is 0 Å². The molecule has 3 heterocycles. The fourth-order valence-corrected chi connectivity index (χ4v) is 3.91. The first-order valence-electron chi connectivity index (χ1n) is 10.9. The van der Waals surface area contributed by atoms with Crippen LogP contribution in [0.3, 0.4) is 0 Å². The lowest BCUT2D eigenvalue weighted by Crippen LogP contribution is -2.52. The van der Waals surface area contributed by atoms with E-state index in [1.165, 1.54) is 0 Å². The van der Waals surface area contributed by atoms with Crippen molar-refractivity contribution < 1.29 is 14.3 Å². The Morgan fingerprint density at radius 3 is 2.42 bits per heavy atom. The zero-order valence-corrected chi connectivity index (χ0v) is 18.0. The summed E-state index contributed by atoms with van der Waals surface area (Å²) in [6.45, 7) is 6.63. The summed E-state index contributed by atoms with van der Waals surface area (Å²) in [4.78, 5) is 28.5. The van der Waals surface area contributed by atoms with Gasteiger partial charge < -0.3 is 19.9 Å². The standard InChI is InChI=1S/C23H29N5O3/c1-16(2)23(30)27-12-9-20(10-13-27)31-19-7-5-18(6-8-19)25-22(29)17-14-28(15-17)21-4-3-11-24-26-21/h3-8,11,16-17,20H,9-10,12-15H2,1-2H3,(H,25,29). The van der Waals surface area contributed by atoms with Crippen molar-refractivity contribution >= 4 is 23.3 Å². The summed E-state index contributed by atoms with van der Waals surface area (Å²) in [5, 5.41) is 10.9. The molecule has 0 atom stereocenters. The summed E-state index contributed by atoms with van der Waals surface area (Å²) in [6, 6.07) is 11.2. The monoisotopic (exact) mass is 423 g/mol. The smallest absolute Gasteiger partial charge is 0.231 e. The van der Waals surface area contributed by atoms with Crippen molar-refractivity contribution in [1.82, 2.24) is 15.1 Å². The molecule has 0 saturated carbocycles.